The molecule has 0 radical (unpaired) electrons. The van der Waals surface area contributed by atoms with E-state index in [1.807, 2.05) is 0 Å². The number of ether oxygens (including phenoxy) is 4. The van der Waals surface area contributed by atoms with Crippen molar-refractivity contribution in [2.45, 2.75) is 33.1 Å². The zero-order valence-corrected chi connectivity index (χ0v) is 14.0. The molecule has 0 saturated carbocycles. The number of hydrogen-bond acceptors (Lipinski definition) is 8. The van der Waals surface area contributed by atoms with Gasteiger partial charge in [-0.2, -0.15) is 0 Å². The Hall–Kier alpha value is -2.12. The van der Waals surface area contributed by atoms with Gasteiger partial charge < -0.3 is 18.9 Å². The van der Waals surface area contributed by atoms with Crippen LogP contribution in [0.3, 0.4) is 0 Å². The second-order valence-electron chi connectivity index (χ2n) is 4.72. The fraction of sp³-hybridized carbons (Fsp3) is 0.733. The molecule has 132 valence electrons. The number of esters is 4. The summed E-state index contributed by atoms with van der Waals surface area (Å²) in [7, 11) is 2.19. The zero-order valence-electron chi connectivity index (χ0n) is 14.0. The van der Waals surface area contributed by atoms with Gasteiger partial charge in [0.05, 0.1) is 27.4 Å². The molecule has 0 N–H and O–H groups in total. The van der Waals surface area contributed by atoms with E-state index >= 15 is 0 Å². The van der Waals surface area contributed by atoms with Crippen molar-refractivity contribution in [1.29, 1.82) is 0 Å². The van der Waals surface area contributed by atoms with Crippen LogP contribution in [0.25, 0.3) is 0 Å². The Balaban J connectivity index is 5.21. The molecule has 0 spiro atoms. The molecule has 0 heterocycles. The molecule has 0 aromatic carbocycles. The number of rotatable bonds is 10. The van der Waals surface area contributed by atoms with Gasteiger partial charge in [0.25, 0.3) is 0 Å². The molecule has 0 aliphatic carbocycles. The summed E-state index contributed by atoms with van der Waals surface area (Å²) < 4.78 is 18.9. The Labute approximate surface area is 135 Å². The summed E-state index contributed by atoms with van der Waals surface area (Å²) >= 11 is 0. The van der Waals surface area contributed by atoms with Crippen molar-refractivity contribution in [2.24, 2.45) is 11.8 Å². The molecule has 0 fully saturated rings. The molecule has 0 rings (SSSR count). The van der Waals surface area contributed by atoms with Crippen LogP contribution in [-0.2, 0) is 38.1 Å². The third-order valence-electron chi connectivity index (χ3n) is 2.91. The molecule has 0 amide bonds. The molecular weight excluding hydrogens is 308 g/mol. The van der Waals surface area contributed by atoms with E-state index in [1.54, 1.807) is 13.8 Å². The van der Waals surface area contributed by atoms with E-state index in [9.17, 15) is 19.2 Å². The first-order valence-corrected chi connectivity index (χ1v) is 7.41. The van der Waals surface area contributed by atoms with Gasteiger partial charge in [0, 0.05) is 0 Å². The van der Waals surface area contributed by atoms with Crippen LogP contribution in [0.4, 0.5) is 0 Å². The predicted molar refractivity (Wildman–Crippen MR) is 78.1 cm³/mol. The van der Waals surface area contributed by atoms with E-state index in [1.165, 1.54) is 0 Å². The lowest BCUT2D eigenvalue weighted by molar-refractivity contribution is -0.166. The fourth-order valence-electron chi connectivity index (χ4n) is 1.70. The summed E-state index contributed by atoms with van der Waals surface area (Å²) in [5.74, 6) is -6.27. The summed E-state index contributed by atoms with van der Waals surface area (Å²) in [6.07, 6.45) is 0.713. The average molecular weight is 332 g/mol. The van der Waals surface area contributed by atoms with Gasteiger partial charge in [-0.3, -0.25) is 19.2 Å². The SMILES string of the molecule is CCCOC(=O)C(CC(C(=O)OC)C(=O)OC)C(=O)OCCC. The summed E-state index contributed by atoms with van der Waals surface area (Å²) in [4.78, 5) is 47.5. The Morgan fingerprint density at radius 2 is 1.04 bits per heavy atom. The molecular formula is C15H24O8. The lowest BCUT2D eigenvalue weighted by Gasteiger charge is -2.18. The van der Waals surface area contributed by atoms with Crippen LogP contribution in [0.5, 0.6) is 0 Å². The maximum Gasteiger partial charge on any atom is 0.320 e. The van der Waals surface area contributed by atoms with E-state index in [4.69, 9.17) is 9.47 Å². The topological polar surface area (TPSA) is 105 Å². The molecule has 8 heteroatoms. The third kappa shape index (κ3) is 7.12. The molecule has 0 saturated heterocycles. The quantitative estimate of drug-likeness (QED) is 0.329. The van der Waals surface area contributed by atoms with Crippen LogP contribution < -0.4 is 0 Å². The first-order chi connectivity index (χ1) is 10.9. The first-order valence-electron chi connectivity index (χ1n) is 7.41. The third-order valence-corrected chi connectivity index (χ3v) is 2.91. The van der Waals surface area contributed by atoms with Crippen LogP contribution in [-0.4, -0.2) is 51.3 Å². The Kier molecular flexibility index (Phi) is 10.4. The van der Waals surface area contributed by atoms with Gasteiger partial charge >= 0.3 is 23.9 Å². The fourth-order valence-corrected chi connectivity index (χ4v) is 1.70. The highest BCUT2D eigenvalue weighted by atomic mass is 16.6. The van der Waals surface area contributed by atoms with E-state index in [2.05, 4.69) is 9.47 Å². The monoisotopic (exact) mass is 332 g/mol. The van der Waals surface area contributed by atoms with Gasteiger partial charge in [-0.05, 0) is 19.3 Å². The van der Waals surface area contributed by atoms with Gasteiger partial charge in [0.15, 0.2) is 11.8 Å². The molecule has 0 atom stereocenters. The van der Waals surface area contributed by atoms with Crippen molar-refractivity contribution in [2.75, 3.05) is 27.4 Å². The molecule has 0 unspecified atom stereocenters. The number of carbonyl (C=O) groups is 4. The molecule has 0 aromatic rings. The van der Waals surface area contributed by atoms with Gasteiger partial charge in [-0.15, -0.1) is 0 Å². The van der Waals surface area contributed by atoms with Crippen LogP contribution in [0.2, 0.25) is 0 Å². The highest BCUT2D eigenvalue weighted by Crippen LogP contribution is 2.19. The lowest BCUT2D eigenvalue weighted by atomic mass is 9.94. The van der Waals surface area contributed by atoms with E-state index in [0.717, 1.165) is 14.2 Å². The average Bonchev–Trinajstić information content (AvgIpc) is 2.57. The van der Waals surface area contributed by atoms with Gasteiger partial charge in [0.2, 0.25) is 0 Å². The molecule has 0 aliphatic heterocycles. The normalized spacial score (nSPS) is 10.3. The lowest BCUT2D eigenvalue weighted by Crippen LogP contribution is -2.36. The molecule has 23 heavy (non-hydrogen) atoms. The Bertz CT molecular complexity index is 382. The van der Waals surface area contributed by atoms with Crippen molar-refractivity contribution >= 4 is 23.9 Å². The molecule has 0 aromatic heterocycles. The second-order valence-corrected chi connectivity index (χ2v) is 4.72. The standard InChI is InChI=1S/C15H24O8/c1-5-7-22-14(18)11(15(19)23-8-6-2)9-10(12(16)20-3)13(17)21-4/h10-11H,5-9H2,1-4H3. The smallest absolute Gasteiger partial charge is 0.320 e. The maximum atomic E-state index is 12.0. The van der Waals surface area contributed by atoms with Crippen molar-refractivity contribution in [3.63, 3.8) is 0 Å². The number of methoxy groups -OCH3 is 2. The van der Waals surface area contributed by atoms with Crippen LogP contribution >= 0.6 is 0 Å². The minimum Gasteiger partial charge on any atom is -0.468 e. The molecule has 0 aliphatic rings. The maximum absolute atomic E-state index is 12.0. The van der Waals surface area contributed by atoms with Crippen molar-refractivity contribution < 1.29 is 38.1 Å². The molecule has 8 nitrogen and oxygen atoms in total. The first kappa shape index (κ1) is 20.9. The van der Waals surface area contributed by atoms with Gasteiger partial charge in [-0.25, -0.2) is 0 Å². The summed E-state index contributed by atoms with van der Waals surface area (Å²) in [5.41, 5.74) is 0. The summed E-state index contributed by atoms with van der Waals surface area (Å²) in [6.45, 7) is 3.84. The van der Waals surface area contributed by atoms with Crippen molar-refractivity contribution in [3.05, 3.63) is 0 Å². The largest absolute Gasteiger partial charge is 0.468 e. The minimum atomic E-state index is -1.40. The number of hydrogen-bond donors (Lipinski definition) is 0. The van der Waals surface area contributed by atoms with Gasteiger partial charge in [-0.1, -0.05) is 13.8 Å². The van der Waals surface area contributed by atoms with Crippen molar-refractivity contribution in [3.8, 4) is 0 Å². The van der Waals surface area contributed by atoms with Crippen LogP contribution in [0.15, 0.2) is 0 Å². The second kappa shape index (κ2) is 11.4. The van der Waals surface area contributed by atoms with E-state index in [0.29, 0.717) is 12.8 Å². The van der Waals surface area contributed by atoms with Crippen molar-refractivity contribution in [1.82, 2.24) is 0 Å². The Morgan fingerprint density at radius 3 is 1.35 bits per heavy atom. The van der Waals surface area contributed by atoms with Crippen LogP contribution in [0.1, 0.15) is 33.1 Å². The summed E-state index contributed by atoms with van der Waals surface area (Å²) in [6, 6.07) is 0. The van der Waals surface area contributed by atoms with Crippen LogP contribution in [0, 0.1) is 11.8 Å². The highest BCUT2D eigenvalue weighted by molar-refractivity contribution is 5.99. The van der Waals surface area contributed by atoms with E-state index in [-0.39, 0.29) is 13.2 Å². The van der Waals surface area contributed by atoms with E-state index < -0.39 is 42.1 Å². The highest BCUT2D eigenvalue weighted by Gasteiger charge is 2.39. The molecule has 0 bridgehead atoms. The number of carbonyl (C=O) groups excluding carboxylic acids is 4. The predicted octanol–water partition coefficient (Wildman–Crippen LogP) is 0.861. The zero-order chi connectivity index (χ0) is 17.8. The Morgan fingerprint density at radius 1 is 0.696 bits per heavy atom. The minimum absolute atomic E-state index is 0.123. The summed E-state index contributed by atoms with van der Waals surface area (Å²) in [5, 5.41) is 0. The van der Waals surface area contributed by atoms with Gasteiger partial charge in [0.1, 0.15) is 0 Å².